The van der Waals surface area contributed by atoms with Crippen molar-refractivity contribution in [3.63, 3.8) is 0 Å². The molecule has 1 fully saturated rings. The molecular formula is C26H30N8O3. The number of hydrogen-bond acceptors (Lipinski definition) is 8. The van der Waals surface area contributed by atoms with Crippen LogP contribution in [0.25, 0.3) is 38.3 Å². The standard InChI is InChI=1S/C26H30N8O3/c1-17-14-34-16-23(30-25(34)19(3)29-17)22-12-20-4-5-21(13-24(20)37-26(22)35)33-8-7-32(18(2)15-33)9-11-36-10-6-28-31-27/h4-5,12-14,16,18H,6-11,15H2,1-3H3/t18-/m0/s1. The van der Waals surface area contributed by atoms with Crippen molar-refractivity contribution in [2.75, 3.05) is 50.8 Å². The second kappa shape index (κ2) is 10.6. The summed E-state index contributed by atoms with van der Waals surface area (Å²) in [6.45, 7) is 10.9. The molecule has 0 unspecified atom stereocenters. The van der Waals surface area contributed by atoms with Crippen LogP contribution in [0, 0.1) is 13.8 Å². The Balaban J connectivity index is 1.30. The van der Waals surface area contributed by atoms with Crippen molar-refractivity contribution in [2.24, 2.45) is 5.11 Å². The van der Waals surface area contributed by atoms with Crippen molar-refractivity contribution >= 4 is 22.3 Å². The van der Waals surface area contributed by atoms with E-state index in [1.807, 2.05) is 48.8 Å². The molecule has 4 aromatic rings. The molecule has 1 saturated heterocycles. The molecule has 1 aliphatic heterocycles. The third-order valence-corrected chi connectivity index (χ3v) is 6.77. The molecule has 1 aliphatic rings. The maximum atomic E-state index is 12.9. The summed E-state index contributed by atoms with van der Waals surface area (Å²) in [5, 5.41) is 4.33. The molecule has 4 heterocycles. The van der Waals surface area contributed by atoms with E-state index < -0.39 is 5.63 Å². The van der Waals surface area contributed by atoms with Gasteiger partial charge >= 0.3 is 5.63 Å². The van der Waals surface area contributed by atoms with E-state index in [-0.39, 0.29) is 0 Å². The first kappa shape index (κ1) is 24.8. The number of anilines is 1. The highest BCUT2D eigenvalue weighted by molar-refractivity contribution is 5.84. The van der Waals surface area contributed by atoms with E-state index in [1.54, 1.807) is 0 Å². The second-order valence-corrected chi connectivity index (χ2v) is 9.39. The molecule has 3 aromatic heterocycles. The number of fused-ring (bicyclic) bond motifs is 2. The van der Waals surface area contributed by atoms with Gasteiger partial charge in [0.25, 0.3) is 0 Å². The van der Waals surface area contributed by atoms with E-state index in [2.05, 4.69) is 42.8 Å². The number of aryl methyl sites for hydroxylation is 2. The van der Waals surface area contributed by atoms with Gasteiger partial charge in [-0.15, -0.1) is 0 Å². The molecule has 0 N–H and O–H groups in total. The number of rotatable bonds is 8. The minimum atomic E-state index is -0.408. The van der Waals surface area contributed by atoms with Crippen LogP contribution >= 0.6 is 0 Å². The van der Waals surface area contributed by atoms with E-state index in [1.165, 1.54) is 0 Å². The molecule has 11 heteroatoms. The van der Waals surface area contributed by atoms with Crippen LogP contribution in [0.5, 0.6) is 0 Å². The van der Waals surface area contributed by atoms with Crippen LogP contribution in [0.2, 0.25) is 0 Å². The molecular weight excluding hydrogens is 472 g/mol. The lowest BCUT2D eigenvalue weighted by molar-refractivity contribution is 0.0895. The molecule has 1 atom stereocenters. The highest BCUT2D eigenvalue weighted by atomic mass is 16.5. The minimum Gasteiger partial charge on any atom is -0.422 e. The first-order valence-electron chi connectivity index (χ1n) is 12.4. The summed E-state index contributed by atoms with van der Waals surface area (Å²) < 4.78 is 13.2. The van der Waals surface area contributed by atoms with Crippen LogP contribution < -0.4 is 10.5 Å². The van der Waals surface area contributed by atoms with Gasteiger partial charge in [0.2, 0.25) is 0 Å². The average Bonchev–Trinajstić information content (AvgIpc) is 3.30. The van der Waals surface area contributed by atoms with Crippen molar-refractivity contribution in [1.82, 2.24) is 19.3 Å². The Kier molecular flexibility index (Phi) is 7.09. The van der Waals surface area contributed by atoms with Crippen LogP contribution in [0.15, 0.2) is 51.0 Å². The summed E-state index contributed by atoms with van der Waals surface area (Å²) in [6.07, 6.45) is 3.74. The van der Waals surface area contributed by atoms with Gasteiger partial charge in [-0.2, -0.15) is 0 Å². The Morgan fingerprint density at radius 3 is 2.86 bits per heavy atom. The zero-order valence-corrected chi connectivity index (χ0v) is 21.3. The first-order chi connectivity index (χ1) is 17.9. The van der Waals surface area contributed by atoms with Gasteiger partial charge in [-0.05, 0) is 44.5 Å². The van der Waals surface area contributed by atoms with E-state index in [4.69, 9.17) is 14.7 Å². The Morgan fingerprint density at radius 1 is 1.19 bits per heavy atom. The van der Waals surface area contributed by atoms with Crippen LogP contribution in [-0.4, -0.2) is 71.2 Å². The van der Waals surface area contributed by atoms with Gasteiger partial charge in [0.05, 0.1) is 35.9 Å². The molecule has 0 amide bonds. The van der Waals surface area contributed by atoms with Gasteiger partial charge in [-0.1, -0.05) is 5.11 Å². The Labute approximate surface area is 213 Å². The fourth-order valence-corrected chi connectivity index (χ4v) is 4.91. The fraction of sp³-hybridized carbons (Fsp3) is 0.423. The van der Waals surface area contributed by atoms with Gasteiger partial charge in [0, 0.05) is 73.2 Å². The maximum absolute atomic E-state index is 12.9. The highest BCUT2D eigenvalue weighted by Crippen LogP contribution is 2.27. The number of hydrogen-bond donors (Lipinski definition) is 0. The van der Waals surface area contributed by atoms with Gasteiger partial charge < -0.3 is 18.5 Å². The molecule has 0 bridgehead atoms. The second-order valence-electron chi connectivity index (χ2n) is 9.39. The van der Waals surface area contributed by atoms with Crippen LogP contribution in [0.1, 0.15) is 18.3 Å². The van der Waals surface area contributed by atoms with Crippen LogP contribution in [0.3, 0.4) is 0 Å². The minimum absolute atomic E-state index is 0.344. The Bertz CT molecular complexity index is 1540. The smallest absolute Gasteiger partial charge is 0.345 e. The molecule has 37 heavy (non-hydrogen) atoms. The molecule has 5 rings (SSSR count). The molecule has 0 spiro atoms. The summed E-state index contributed by atoms with van der Waals surface area (Å²) in [5.41, 5.74) is 12.9. The number of benzene rings is 1. The van der Waals surface area contributed by atoms with Crippen LogP contribution in [-0.2, 0) is 4.74 Å². The normalized spacial score (nSPS) is 16.4. The number of nitrogens with zero attached hydrogens (tertiary/aromatic N) is 8. The van der Waals surface area contributed by atoms with Gasteiger partial charge in [0.15, 0.2) is 5.65 Å². The molecule has 11 nitrogen and oxygen atoms in total. The third-order valence-electron chi connectivity index (χ3n) is 6.77. The highest BCUT2D eigenvalue weighted by Gasteiger charge is 2.24. The lowest BCUT2D eigenvalue weighted by atomic mass is 10.1. The summed E-state index contributed by atoms with van der Waals surface area (Å²) in [6, 6.07) is 8.22. The first-order valence-corrected chi connectivity index (χ1v) is 12.4. The maximum Gasteiger partial charge on any atom is 0.345 e. The van der Waals surface area contributed by atoms with E-state index in [0.717, 1.165) is 54.3 Å². The lowest BCUT2D eigenvalue weighted by Gasteiger charge is -2.41. The average molecular weight is 503 g/mol. The largest absolute Gasteiger partial charge is 0.422 e. The summed E-state index contributed by atoms with van der Waals surface area (Å²) in [7, 11) is 0. The lowest BCUT2D eigenvalue weighted by Crippen LogP contribution is -2.52. The molecule has 1 aromatic carbocycles. The molecule has 0 saturated carbocycles. The summed E-state index contributed by atoms with van der Waals surface area (Å²) >= 11 is 0. The van der Waals surface area contributed by atoms with Gasteiger partial charge in [0.1, 0.15) is 5.58 Å². The predicted octanol–water partition coefficient (Wildman–Crippen LogP) is 3.96. The Morgan fingerprint density at radius 2 is 2.05 bits per heavy atom. The van der Waals surface area contributed by atoms with Crippen molar-refractivity contribution < 1.29 is 9.15 Å². The monoisotopic (exact) mass is 502 g/mol. The van der Waals surface area contributed by atoms with Gasteiger partial charge in [-0.3, -0.25) is 9.88 Å². The van der Waals surface area contributed by atoms with Crippen LogP contribution in [0.4, 0.5) is 5.69 Å². The molecule has 0 radical (unpaired) electrons. The molecule has 0 aliphatic carbocycles. The topological polar surface area (TPSA) is 125 Å². The predicted molar refractivity (Wildman–Crippen MR) is 142 cm³/mol. The summed E-state index contributed by atoms with van der Waals surface area (Å²) in [4.78, 5) is 29.5. The van der Waals surface area contributed by atoms with Crippen molar-refractivity contribution in [2.45, 2.75) is 26.8 Å². The quantitative estimate of drug-likeness (QED) is 0.117. The van der Waals surface area contributed by atoms with Crippen molar-refractivity contribution in [3.05, 3.63) is 68.9 Å². The number of piperazine rings is 1. The number of imidazole rings is 1. The van der Waals surface area contributed by atoms with E-state index in [0.29, 0.717) is 42.6 Å². The molecule has 192 valence electrons. The van der Waals surface area contributed by atoms with E-state index in [9.17, 15) is 4.79 Å². The fourth-order valence-electron chi connectivity index (χ4n) is 4.91. The van der Waals surface area contributed by atoms with Crippen molar-refractivity contribution in [3.8, 4) is 11.3 Å². The summed E-state index contributed by atoms with van der Waals surface area (Å²) in [5.74, 6) is 0. The number of azide groups is 1. The van der Waals surface area contributed by atoms with Crippen molar-refractivity contribution in [1.29, 1.82) is 0 Å². The number of ether oxygens (including phenoxy) is 1. The number of aromatic nitrogens is 3. The SMILES string of the molecule is Cc1cn2cc(-c3cc4ccc(N5CCN(CCOCCN=[N+]=[N-])[C@@H](C)C5)cc4oc3=O)nc2c(C)n1. The Hall–Kier alpha value is -3.92. The zero-order chi connectivity index (χ0) is 25.9. The third kappa shape index (κ3) is 5.29. The van der Waals surface area contributed by atoms with Gasteiger partial charge in [-0.25, -0.2) is 9.78 Å². The van der Waals surface area contributed by atoms with E-state index >= 15 is 0 Å². The zero-order valence-electron chi connectivity index (χ0n) is 21.3.